The van der Waals surface area contributed by atoms with E-state index < -0.39 is 0 Å². The quantitative estimate of drug-likeness (QED) is 0.619. The minimum absolute atomic E-state index is 0.00124. The minimum Gasteiger partial charge on any atom is -0.354 e. The van der Waals surface area contributed by atoms with Gasteiger partial charge in [0.2, 0.25) is 11.8 Å². The molecule has 0 aromatic rings. The molecule has 0 atom stereocenters. The third-order valence-electron chi connectivity index (χ3n) is 1.75. The number of carbonyl (C=O) groups excluding carboxylic acids is 2. The average Bonchev–Trinajstić information content (AvgIpc) is 2.12. The van der Waals surface area contributed by atoms with Crippen molar-refractivity contribution in [1.29, 1.82) is 0 Å². The molecule has 0 saturated heterocycles. The van der Waals surface area contributed by atoms with E-state index in [2.05, 4.69) is 10.6 Å². The van der Waals surface area contributed by atoms with E-state index in [1.165, 1.54) is 0 Å². The third kappa shape index (κ3) is 6.46. The summed E-state index contributed by atoms with van der Waals surface area (Å²) >= 11 is 0. The van der Waals surface area contributed by atoms with Gasteiger partial charge >= 0.3 is 0 Å². The molecule has 82 valence electrons. The zero-order chi connectivity index (χ0) is 11.0. The molecule has 0 aliphatic rings. The second-order valence-electron chi connectivity index (χ2n) is 3.55. The molecule has 2 N–H and O–H groups in total. The molecule has 0 bridgehead atoms. The molecule has 0 spiro atoms. The number of carbonyl (C=O) groups is 2. The van der Waals surface area contributed by atoms with Crippen molar-refractivity contribution in [2.24, 2.45) is 5.92 Å². The van der Waals surface area contributed by atoms with Gasteiger partial charge in [0.1, 0.15) is 0 Å². The zero-order valence-corrected chi connectivity index (χ0v) is 9.22. The van der Waals surface area contributed by atoms with Gasteiger partial charge in [-0.3, -0.25) is 9.59 Å². The van der Waals surface area contributed by atoms with Crippen LogP contribution in [0.1, 0.15) is 33.6 Å². The number of hydrogen-bond donors (Lipinski definition) is 2. The Balaban J connectivity index is 3.38. The van der Waals surface area contributed by atoms with Crippen LogP contribution in [0.3, 0.4) is 0 Å². The van der Waals surface area contributed by atoms with E-state index in [0.29, 0.717) is 19.5 Å². The summed E-state index contributed by atoms with van der Waals surface area (Å²) in [4.78, 5) is 22.1. The van der Waals surface area contributed by atoms with Crippen LogP contribution in [0.5, 0.6) is 0 Å². The highest BCUT2D eigenvalue weighted by atomic mass is 16.2. The Morgan fingerprint density at radius 2 is 1.71 bits per heavy atom. The van der Waals surface area contributed by atoms with Gasteiger partial charge < -0.3 is 10.6 Å². The second-order valence-corrected chi connectivity index (χ2v) is 3.55. The van der Waals surface area contributed by atoms with Crippen molar-refractivity contribution in [2.75, 3.05) is 13.1 Å². The van der Waals surface area contributed by atoms with Crippen LogP contribution in [-0.4, -0.2) is 24.9 Å². The Kier molecular flexibility index (Phi) is 6.80. The van der Waals surface area contributed by atoms with Gasteiger partial charge in [0.15, 0.2) is 0 Å². The summed E-state index contributed by atoms with van der Waals surface area (Å²) in [6.45, 7) is 6.65. The molecule has 14 heavy (non-hydrogen) atoms. The lowest BCUT2D eigenvalue weighted by molar-refractivity contribution is -0.124. The van der Waals surface area contributed by atoms with Crippen molar-refractivity contribution in [2.45, 2.75) is 33.6 Å². The van der Waals surface area contributed by atoms with E-state index in [0.717, 1.165) is 6.42 Å². The van der Waals surface area contributed by atoms with Crippen LogP contribution in [0.25, 0.3) is 0 Å². The highest BCUT2D eigenvalue weighted by Crippen LogP contribution is 1.89. The van der Waals surface area contributed by atoms with Crippen molar-refractivity contribution < 1.29 is 9.59 Å². The van der Waals surface area contributed by atoms with Crippen molar-refractivity contribution in [3.05, 3.63) is 0 Å². The predicted molar refractivity (Wildman–Crippen MR) is 55.8 cm³/mol. The van der Waals surface area contributed by atoms with Gasteiger partial charge in [-0.05, 0) is 6.42 Å². The van der Waals surface area contributed by atoms with Gasteiger partial charge in [-0.2, -0.15) is 0 Å². The summed E-state index contributed by atoms with van der Waals surface area (Å²) in [5.74, 6) is 0.0716. The van der Waals surface area contributed by atoms with Gasteiger partial charge in [-0.1, -0.05) is 20.8 Å². The monoisotopic (exact) mass is 200 g/mol. The number of amides is 2. The number of hydrogen-bond acceptors (Lipinski definition) is 2. The van der Waals surface area contributed by atoms with Crippen molar-refractivity contribution in [1.82, 2.24) is 10.6 Å². The van der Waals surface area contributed by atoms with Crippen molar-refractivity contribution in [3.63, 3.8) is 0 Å². The fourth-order valence-corrected chi connectivity index (χ4v) is 0.907. The smallest absolute Gasteiger partial charge is 0.222 e. The molecule has 0 aromatic heterocycles. The molecule has 0 aliphatic heterocycles. The molecule has 0 rings (SSSR count). The topological polar surface area (TPSA) is 58.2 Å². The maximum atomic E-state index is 11.1. The molecular weight excluding hydrogens is 180 g/mol. The number of rotatable bonds is 6. The maximum absolute atomic E-state index is 11.1. The Bertz CT molecular complexity index is 191. The summed E-state index contributed by atoms with van der Waals surface area (Å²) in [6, 6.07) is 0. The van der Waals surface area contributed by atoms with Crippen LogP contribution in [-0.2, 0) is 9.59 Å². The first-order valence-corrected chi connectivity index (χ1v) is 5.12. The van der Waals surface area contributed by atoms with E-state index >= 15 is 0 Å². The molecule has 0 radical (unpaired) electrons. The first-order chi connectivity index (χ1) is 6.57. The SMILES string of the molecule is CCCC(=O)NCCNC(=O)C(C)C. The molecule has 0 unspecified atom stereocenters. The van der Waals surface area contributed by atoms with E-state index in [1.807, 2.05) is 20.8 Å². The maximum Gasteiger partial charge on any atom is 0.222 e. The lowest BCUT2D eigenvalue weighted by Crippen LogP contribution is -2.36. The highest BCUT2D eigenvalue weighted by Gasteiger charge is 2.05. The highest BCUT2D eigenvalue weighted by molar-refractivity contribution is 5.78. The molecule has 4 nitrogen and oxygen atoms in total. The third-order valence-corrected chi connectivity index (χ3v) is 1.75. The van der Waals surface area contributed by atoms with E-state index in [1.54, 1.807) is 0 Å². The van der Waals surface area contributed by atoms with E-state index in [4.69, 9.17) is 0 Å². The molecule has 0 aromatic carbocycles. The summed E-state index contributed by atoms with van der Waals surface area (Å²) in [5.41, 5.74) is 0. The molecule has 2 amide bonds. The van der Waals surface area contributed by atoms with Gasteiger partial charge in [-0.25, -0.2) is 0 Å². The predicted octanol–water partition coefficient (Wildman–Crippen LogP) is 0.675. The van der Waals surface area contributed by atoms with E-state index in [9.17, 15) is 9.59 Å². The normalized spacial score (nSPS) is 10.0. The largest absolute Gasteiger partial charge is 0.354 e. The van der Waals surface area contributed by atoms with Gasteiger partial charge in [0.05, 0.1) is 0 Å². The lowest BCUT2D eigenvalue weighted by Gasteiger charge is -2.08. The molecule has 0 heterocycles. The average molecular weight is 200 g/mol. The zero-order valence-electron chi connectivity index (χ0n) is 9.22. The summed E-state index contributed by atoms with van der Waals surface area (Å²) in [5, 5.41) is 5.45. The van der Waals surface area contributed by atoms with Gasteiger partial charge in [0.25, 0.3) is 0 Å². The molecule has 0 aliphatic carbocycles. The number of nitrogens with one attached hydrogen (secondary N) is 2. The lowest BCUT2D eigenvalue weighted by atomic mass is 10.2. The first-order valence-electron chi connectivity index (χ1n) is 5.12. The fourth-order valence-electron chi connectivity index (χ4n) is 0.907. The Labute approximate surface area is 85.4 Å². The summed E-state index contributed by atoms with van der Waals surface area (Å²) in [6.07, 6.45) is 1.41. The van der Waals surface area contributed by atoms with Crippen LogP contribution < -0.4 is 10.6 Å². The van der Waals surface area contributed by atoms with Crippen LogP contribution in [0, 0.1) is 5.92 Å². The van der Waals surface area contributed by atoms with Crippen molar-refractivity contribution in [3.8, 4) is 0 Å². The second kappa shape index (κ2) is 7.35. The molecular formula is C10H20N2O2. The van der Waals surface area contributed by atoms with E-state index in [-0.39, 0.29) is 17.7 Å². The Morgan fingerprint density at radius 3 is 2.21 bits per heavy atom. The molecule has 0 fully saturated rings. The molecule has 4 heteroatoms. The fraction of sp³-hybridized carbons (Fsp3) is 0.800. The summed E-state index contributed by atoms with van der Waals surface area (Å²) in [7, 11) is 0. The van der Waals surface area contributed by atoms with Gasteiger partial charge in [-0.15, -0.1) is 0 Å². The van der Waals surface area contributed by atoms with Crippen LogP contribution >= 0.6 is 0 Å². The summed E-state index contributed by atoms with van der Waals surface area (Å²) < 4.78 is 0. The minimum atomic E-state index is 0.00124. The van der Waals surface area contributed by atoms with Crippen LogP contribution in [0.2, 0.25) is 0 Å². The van der Waals surface area contributed by atoms with Crippen molar-refractivity contribution >= 4 is 11.8 Å². The van der Waals surface area contributed by atoms with Crippen LogP contribution in [0.4, 0.5) is 0 Å². The Morgan fingerprint density at radius 1 is 1.14 bits per heavy atom. The Hall–Kier alpha value is -1.06. The van der Waals surface area contributed by atoms with Gasteiger partial charge in [0, 0.05) is 25.4 Å². The molecule has 0 saturated carbocycles. The van der Waals surface area contributed by atoms with Crippen LogP contribution in [0.15, 0.2) is 0 Å². The standard InChI is InChI=1S/C10H20N2O2/c1-4-5-9(13)11-6-7-12-10(14)8(2)3/h8H,4-7H2,1-3H3,(H,11,13)(H,12,14). The first kappa shape index (κ1) is 12.9.